The Kier molecular flexibility index (Phi) is 5.09. The zero-order chi connectivity index (χ0) is 12.2. The lowest BCUT2D eigenvalue weighted by molar-refractivity contribution is 0.0457. The van der Waals surface area contributed by atoms with Crippen molar-refractivity contribution in [1.82, 2.24) is 0 Å². The molecule has 0 aliphatic carbocycles. The maximum absolute atomic E-state index is 10.1. The summed E-state index contributed by atoms with van der Waals surface area (Å²) in [6.45, 7) is 4.50. The van der Waals surface area contributed by atoms with Crippen LogP contribution in [0.1, 0.15) is 26.7 Å². The van der Waals surface area contributed by atoms with Crippen LogP contribution in [0.15, 0.2) is 22.7 Å². The van der Waals surface area contributed by atoms with Crippen LogP contribution in [-0.2, 0) is 0 Å². The van der Waals surface area contributed by atoms with E-state index in [1.807, 2.05) is 32.0 Å². The lowest BCUT2D eigenvalue weighted by atomic mass is 9.97. The number of hydrogen-bond acceptors (Lipinski definition) is 2. The van der Waals surface area contributed by atoms with Crippen LogP contribution in [0, 0.1) is 0 Å². The molecule has 16 heavy (non-hydrogen) atoms. The van der Waals surface area contributed by atoms with Gasteiger partial charge in [0.1, 0.15) is 0 Å². The number of benzene rings is 1. The summed E-state index contributed by atoms with van der Waals surface area (Å²) < 4.78 is 0.950. The summed E-state index contributed by atoms with van der Waals surface area (Å²) in [4.78, 5) is 0. The van der Waals surface area contributed by atoms with Crippen LogP contribution in [0.4, 0.5) is 5.69 Å². The molecule has 2 nitrogen and oxygen atoms in total. The number of aliphatic hydroxyl groups is 1. The zero-order valence-corrected chi connectivity index (χ0v) is 11.9. The van der Waals surface area contributed by atoms with E-state index in [2.05, 4.69) is 21.2 Å². The Balaban J connectivity index is 2.70. The Bertz CT molecular complexity index is 353. The molecule has 0 radical (unpaired) electrons. The van der Waals surface area contributed by atoms with Crippen molar-refractivity contribution in [3.05, 3.63) is 27.7 Å². The lowest BCUT2D eigenvalue weighted by Crippen LogP contribution is -2.35. The van der Waals surface area contributed by atoms with Crippen molar-refractivity contribution in [2.45, 2.75) is 32.3 Å². The highest BCUT2D eigenvalue weighted by Crippen LogP contribution is 2.27. The molecule has 0 heterocycles. The number of hydrogen-bond donors (Lipinski definition) is 2. The van der Waals surface area contributed by atoms with E-state index in [1.165, 1.54) is 0 Å². The smallest absolute Gasteiger partial charge is 0.0814 e. The fourth-order valence-corrected chi connectivity index (χ4v) is 1.95. The van der Waals surface area contributed by atoms with Crippen LogP contribution in [0.5, 0.6) is 0 Å². The van der Waals surface area contributed by atoms with Crippen molar-refractivity contribution in [3.8, 4) is 0 Å². The van der Waals surface area contributed by atoms with E-state index in [4.69, 9.17) is 11.6 Å². The van der Waals surface area contributed by atoms with Gasteiger partial charge in [-0.05, 0) is 47.0 Å². The van der Waals surface area contributed by atoms with Crippen LogP contribution in [0.25, 0.3) is 0 Å². The molecule has 4 heteroatoms. The second kappa shape index (κ2) is 5.89. The molecule has 0 bridgehead atoms. The molecule has 90 valence electrons. The predicted molar refractivity (Wildman–Crippen MR) is 73.2 cm³/mol. The third-order valence-corrected chi connectivity index (χ3v) is 3.78. The van der Waals surface area contributed by atoms with Gasteiger partial charge in [-0.15, -0.1) is 0 Å². The first-order chi connectivity index (χ1) is 7.50. The predicted octanol–water partition coefficient (Wildman–Crippen LogP) is 4.07. The molecule has 0 aromatic heterocycles. The first-order valence-corrected chi connectivity index (χ1v) is 6.59. The molecule has 0 saturated carbocycles. The van der Waals surface area contributed by atoms with Gasteiger partial charge < -0.3 is 10.4 Å². The molecule has 0 saturated heterocycles. The highest BCUT2D eigenvalue weighted by atomic mass is 79.9. The van der Waals surface area contributed by atoms with E-state index in [1.54, 1.807) is 0 Å². The quantitative estimate of drug-likeness (QED) is 0.859. The minimum atomic E-state index is -0.651. The van der Waals surface area contributed by atoms with Gasteiger partial charge in [-0.3, -0.25) is 0 Å². The van der Waals surface area contributed by atoms with Crippen molar-refractivity contribution < 1.29 is 5.11 Å². The van der Waals surface area contributed by atoms with Gasteiger partial charge in [0.15, 0.2) is 0 Å². The fourth-order valence-electron chi connectivity index (χ4n) is 1.39. The van der Waals surface area contributed by atoms with Crippen LogP contribution in [0.2, 0.25) is 5.02 Å². The molecule has 1 rings (SSSR count). The molecular formula is C12H17BrClNO. The molecule has 0 atom stereocenters. The van der Waals surface area contributed by atoms with Crippen LogP contribution in [0.3, 0.4) is 0 Å². The SMILES string of the molecule is CCC(O)(CC)CNc1cc(Cl)ccc1Br. The molecule has 1 aromatic carbocycles. The Labute approximate surface area is 110 Å². The summed E-state index contributed by atoms with van der Waals surface area (Å²) in [5.74, 6) is 0. The minimum absolute atomic E-state index is 0.527. The van der Waals surface area contributed by atoms with E-state index in [0.717, 1.165) is 23.0 Å². The number of nitrogens with one attached hydrogen (secondary N) is 1. The normalized spacial score (nSPS) is 11.6. The van der Waals surface area contributed by atoms with E-state index in [9.17, 15) is 5.11 Å². The molecule has 0 spiro atoms. The van der Waals surface area contributed by atoms with Gasteiger partial charge in [-0.25, -0.2) is 0 Å². The zero-order valence-electron chi connectivity index (χ0n) is 9.56. The van der Waals surface area contributed by atoms with Gasteiger partial charge >= 0.3 is 0 Å². The largest absolute Gasteiger partial charge is 0.388 e. The van der Waals surface area contributed by atoms with Crippen molar-refractivity contribution in [1.29, 1.82) is 0 Å². The average Bonchev–Trinajstić information content (AvgIpc) is 2.30. The molecular weight excluding hydrogens is 289 g/mol. The molecule has 0 unspecified atom stereocenters. The number of rotatable bonds is 5. The second-order valence-electron chi connectivity index (χ2n) is 3.91. The van der Waals surface area contributed by atoms with Gasteiger partial charge in [0.05, 0.1) is 11.3 Å². The Hall–Kier alpha value is -0.250. The van der Waals surface area contributed by atoms with Crippen molar-refractivity contribution in [2.75, 3.05) is 11.9 Å². The molecule has 2 N–H and O–H groups in total. The van der Waals surface area contributed by atoms with Gasteiger partial charge in [0.25, 0.3) is 0 Å². The van der Waals surface area contributed by atoms with Crippen LogP contribution >= 0.6 is 27.5 Å². The van der Waals surface area contributed by atoms with E-state index in [-0.39, 0.29) is 0 Å². The van der Waals surface area contributed by atoms with Crippen molar-refractivity contribution in [2.24, 2.45) is 0 Å². The monoisotopic (exact) mass is 305 g/mol. The summed E-state index contributed by atoms with van der Waals surface area (Å²) in [7, 11) is 0. The Morgan fingerprint density at radius 2 is 2.00 bits per heavy atom. The molecule has 0 aliphatic rings. The van der Waals surface area contributed by atoms with E-state index in [0.29, 0.717) is 11.6 Å². The summed E-state index contributed by atoms with van der Waals surface area (Å²) in [6, 6.07) is 5.56. The van der Waals surface area contributed by atoms with Crippen LogP contribution < -0.4 is 5.32 Å². The minimum Gasteiger partial charge on any atom is -0.388 e. The maximum Gasteiger partial charge on any atom is 0.0814 e. The van der Waals surface area contributed by atoms with Crippen LogP contribution in [-0.4, -0.2) is 17.3 Å². The molecule has 0 amide bonds. The average molecular weight is 307 g/mol. The standard InChI is InChI=1S/C12H17BrClNO/c1-3-12(16,4-2)8-15-11-7-9(14)5-6-10(11)13/h5-7,15-16H,3-4,8H2,1-2H3. The maximum atomic E-state index is 10.1. The number of halogens is 2. The lowest BCUT2D eigenvalue weighted by Gasteiger charge is -2.26. The van der Waals surface area contributed by atoms with Gasteiger partial charge in [-0.1, -0.05) is 25.4 Å². The summed E-state index contributed by atoms with van der Waals surface area (Å²) in [5.41, 5.74) is 0.259. The van der Waals surface area contributed by atoms with E-state index >= 15 is 0 Å². The molecule has 0 fully saturated rings. The van der Waals surface area contributed by atoms with Gasteiger partial charge in [-0.2, -0.15) is 0 Å². The third-order valence-electron chi connectivity index (χ3n) is 2.85. The third kappa shape index (κ3) is 3.65. The first-order valence-electron chi connectivity index (χ1n) is 5.42. The summed E-state index contributed by atoms with van der Waals surface area (Å²) in [6.07, 6.45) is 1.46. The molecule has 1 aromatic rings. The Morgan fingerprint density at radius 3 is 2.56 bits per heavy atom. The number of anilines is 1. The van der Waals surface area contributed by atoms with E-state index < -0.39 is 5.60 Å². The van der Waals surface area contributed by atoms with Crippen molar-refractivity contribution >= 4 is 33.2 Å². The highest BCUT2D eigenvalue weighted by Gasteiger charge is 2.21. The Morgan fingerprint density at radius 1 is 1.38 bits per heavy atom. The van der Waals surface area contributed by atoms with Crippen molar-refractivity contribution in [3.63, 3.8) is 0 Å². The first kappa shape index (κ1) is 13.8. The fraction of sp³-hybridized carbons (Fsp3) is 0.500. The second-order valence-corrected chi connectivity index (χ2v) is 5.20. The van der Waals surface area contributed by atoms with Gasteiger partial charge in [0, 0.05) is 16.0 Å². The highest BCUT2D eigenvalue weighted by molar-refractivity contribution is 9.10. The summed E-state index contributed by atoms with van der Waals surface area (Å²) in [5, 5.41) is 14.0. The topological polar surface area (TPSA) is 32.3 Å². The summed E-state index contributed by atoms with van der Waals surface area (Å²) >= 11 is 9.35. The molecule has 0 aliphatic heterocycles. The van der Waals surface area contributed by atoms with Gasteiger partial charge in [0.2, 0.25) is 0 Å².